The van der Waals surface area contributed by atoms with Crippen LogP contribution in [0.3, 0.4) is 0 Å². The summed E-state index contributed by atoms with van der Waals surface area (Å²) in [5.74, 6) is -0.587. The number of pyridine rings is 1. The van der Waals surface area contributed by atoms with E-state index < -0.39 is 16.8 Å². The van der Waals surface area contributed by atoms with Crippen molar-refractivity contribution in [3.8, 4) is 11.6 Å². The van der Waals surface area contributed by atoms with E-state index in [2.05, 4.69) is 4.98 Å². The van der Waals surface area contributed by atoms with Gasteiger partial charge in [-0.15, -0.1) is 0 Å². The molecule has 2 aromatic rings. The van der Waals surface area contributed by atoms with E-state index >= 15 is 0 Å². The zero-order valence-electron chi connectivity index (χ0n) is 10.3. The number of nitro groups is 1. The van der Waals surface area contributed by atoms with Crippen LogP contribution < -0.4 is 10.1 Å². The maximum absolute atomic E-state index is 13.3. The molecule has 0 radical (unpaired) electrons. The molecule has 1 aromatic heterocycles. The number of amides is 1. The van der Waals surface area contributed by atoms with Crippen LogP contribution in [0.1, 0.15) is 0 Å². The lowest BCUT2D eigenvalue weighted by Crippen LogP contribution is -2.08. The Morgan fingerprint density at radius 2 is 2.14 bits per heavy atom. The minimum atomic E-state index is -1.42. The zero-order chi connectivity index (χ0) is 15.4. The summed E-state index contributed by atoms with van der Waals surface area (Å²) in [6.45, 7) is 0. The van der Waals surface area contributed by atoms with Crippen molar-refractivity contribution in [3.05, 3.63) is 52.5 Å². The van der Waals surface area contributed by atoms with E-state index in [0.717, 1.165) is 18.3 Å². The number of hydrogen-bond acceptors (Lipinski definition) is 5. The summed E-state index contributed by atoms with van der Waals surface area (Å²) < 4.78 is 18.6. The molecule has 0 aliphatic heterocycles. The number of nitrogens with zero attached hydrogens (tertiary/aromatic N) is 2. The molecule has 0 bridgehead atoms. The molecule has 0 atom stereocenters. The monoisotopic (exact) mass is 293 g/mol. The third-order valence-corrected chi connectivity index (χ3v) is 2.33. The van der Waals surface area contributed by atoms with Crippen molar-refractivity contribution in [1.82, 2.24) is 4.98 Å². The lowest BCUT2D eigenvalue weighted by Gasteiger charge is -2.07. The summed E-state index contributed by atoms with van der Waals surface area (Å²) in [5.41, 5.74) is -0.475. The highest BCUT2D eigenvalue weighted by Gasteiger charge is 2.10. The number of benzene rings is 1. The number of anilines is 1. The topological polar surface area (TPSA) is 115 Å². The molecule has 108 valence electrons. The van der Waals surface area contributed by atoms with Gasteiger partial charge in [0.15, 0.2) is 0 Å². The quantitative estimate of drug-likeness (QED) is 0.661. The second kappa shape index (κ2) is 5.82. The molecule has 0 fully saturated rings. The minimum absolute atomic E-state index is 0.0495. The fourth-order valence-corrected chi connectivity index (χ4v) is 1.44. The minimum Gasteiger partial charge on any atom is -0.465 e. The van der Waals surface area contributed by atoms with Gasteiger partial charge in [0, 0.05) is 18.2 Å². The van der Waals surface area contributed by atoms with Crippen LogP contribution in [0.4, 0.5) is 20.6 Å². The number of aromatic nitrogens is 1. The number of hydrogen-bond donors (Lipinski definition) is 2. The van der Waals surface area contributed by atoms with Crippen molar-refractivity contribution in [1.29, 1.82) is 0 Å². The summed E-state index contributed by atoms with van der Waals surface area (Å²) in [6, 6.07) is 5.89. The van der Waals surface area contributed by atoms with Crippen molar-refractivity contribution in [2.24, 2.45) is 0 Å². The summed E-state index contributed by atoms with van der Waals surface area (Å²) in [4.78, 5) is 24.1. The van der Waals surface area contributed by atoms with E-state index in [1.54, 1.807) is 0 Å². The predicted molar refractivity (Wildman–Crippen MR) is 69.0 cm³/mol. The van der Waals surface area contributed by atoms with Gasteiger partial charge in [0.2, 0.25) is 5.88 Å². The number of halogens is 1. The highest BCUT2D eigenvalue weighted by Crippen LogP contribution is 2.26. The molecular weight excluding hydrogens is 285 g/mol. The van der Waals surface area contributed by atoms with Gasteiger partial charge in [-0.05, 0) is 12.1 Å². The molecular formula is C12H8FN3O5. The van der Waals surface area contributed by atoms with Gasteiger partial charge in [-0.1, -0.05) is 0 Å². The molecule has 1 heterocycles. The Morgan fingerprint density at radius 3 is 2.71 bits per heavy atom. The standard InChI is InChI=1S/C12H8FN3O5/c13-9-3-2-8(5-10(9)15-12(17)18)21-11-4-1-7(6-14-11)16(19)20/h1-6,15H,(H,17,18). The third kappa shape index (κ3) is 3.62. The largest absolute Gasteiger partial charge is 0.465 e. The Kier molecular flexibility index (Phi) is 3.93. The highest BCUT2D eigenvalue weighted by molar-refractivity contribution is 5.83. The van der Waals surface area contributed by atoms with Crippen LogP contribution in [0, 0.1) is 15.9 Å². The average Bonchev–Trinajstić information content (AvgIpc) is 2.42. The van der Waals surface area contributed by atoms with E-state index in [4.69, 9.17) is 9.84 Å². The molecule has 0 aliphatic carbocycles. The van der Waals surface area contributed by atoms with E-state index in [9.17, 15) is 19.3 Å². The third-order valence-electron chi connectivity index (χ3n) is 2.33. The molecule has 0 unspecified atom stereocenters. The van der Waals surface area contributed by atoms with E-state index in [1.807, 2.05) is 5.32 Å². The van der Waals surface area contributed by atoms with Crippen LogP contribution in [0.2, 0.25) is 0 Å². The van der Waals surface area contributed by atoms with Crippen LogP contribution in [-0.4, -0.2) is 21.1 Å². The molecule has 9 heteroatoms. The molecule has 0 saturated heterocycles. The zero-order valence-corrected chi connectivity index (χ0v) is 10.3. The van der Waals surface area contributed by atoms with Crippen molar-refractivity contribution in [2.75, 3.05) is 5.32 Å². The molecule has 1 amide bonds. The molecule has 2 N–H and O–H groups in total. The molecule has 0 spiro atoms. The first-order valence-corrected chi connectivity index (χ1v) is 5.53. The second-order valence-corrected chi connectivity index (χ2v) is 3.79. The summed E-state index contributed by atoms with van der Waals surface area (Å²) in [5, 5.41) is 20.9. The van der Waals surface area contributed by atoms with Crippen molar-refractivity contribution in [2.45, 2.75) is 0 Å². The molecule has 0 aliphatic rings. The van der Waals surface area contributed by atoms with Crippen LogP contribution in [-0.2, 0) is 0 Å². The number of rotatable bonds is 4. The SMILES string of the molecule is O=C(O)Nc1cc(Oc2ccc([N+](=O)[O-])cn2)ccc1F. The Balaban J connectivity index is 2.19. The Bertz CT molecular complexity index is 690. The van der Waals surface area contributed by atoms with Gasteiger partial charge < -0.3 is 9.84 Å². The Labute approximate surface area is 117 Å². The summed E-state index contributed by atoms with van der Waals surface area (Å²) in [6.07, 6.45) is -0.408. The van der Waals surface area contributed by atoms with Gasteiger partial charge in [-0.2, -0.15) is 0 Å². The summed E-state index contributed by atoms with van der Waals surface area (Å²) in [7, 11) is 0. The van der Waals surface area contributed by atoms with Crippen molar-refractivity contribution >= 4 is 17.5 Å². The van der Waals surface area contributed by atoms with Crippen LogP contribution >= 0.6 is 0 Å². The fourth-order valence-electron chi connectivity index (χ4n) is 1.44. The van der Waals surface area contributed by atoms with Gasteiger partial charge in [-0.3, -0.25) is 15.4 Å². The van der Waals surface area contributed by atoms with Crippen LogP contribution in [0.15, 0.2) is 36.5 Å². The number of nitrogens with one attached hydrogen (secondary N) is 1. The maximum atomic E-state index is 13.3. The molecule has 0 saturated carbocycles. The van der Waals surface area contributed by atoms with Crippen molar-refractivity contribution < 1.29 is 24.0 Å². The van der Waals surface area contributed by atoms with Crippen molar-refractivity contribution in [3.63, 3.8) is 0 Å². The molecule has 2 rings (SSSR count). The van der Waals surface area contributed by atoms with E-state index in [0.29, 0.717) is 0 Å². The lowest BCUT2D eigenvalue weighted by molar-refractivity contribution is -0.385. The van der Waals surface area contributed by atoms with Gasteiger partial charge in [0.1, 0.15) is 17.8 Å². The molecule has 21 heavy (non-hydrogen) atoms. The average molecular weight is 293 g/mol. The highest BCUT2D eigenvalue weighted by atomic mass is 19.1. The first kappa shape index (κ1) is 14.2. The van der Waals surface area contributed by atoms with Gasteiger partial charge >= 0.3 is 6.09 Å². The van der Waals surface area contributed by atoms with E-state index in [-0.39, 0.29) is 23.0 Å². The molecule has 8 nitrogen and oxygen atoms in total. The second-order valence-electron chi connectivity index (χ2n) is 3.79. The first-order chi connectivity index (χ1) is 9.95. The van der Waals surface area contributed by atoms with Crippen LogP contribution in [0.5, 0.6) is 11.6 Å². The Morgan fingerprint density at radius 1 is 1.38 bits per heavy atom. The summed E-state index contributed by atoms with van der Waals surface area (Å²) >= 11 is 0. The predicted octanol–water partition coefficient (Wildman–Crippen LogP) is 3.01. The first-order valence-electron chi connectivity index (χ1n) is 5.53. The lowest BCUT2D eigenvalue weighted by atomic mass is 10.3. The smallest absolute Gasteiger partial charge is 0.409 e. The maximum Gasteiger partial charge on any atom is 0.409 e. The van der Waals surface area contributed by atoms with E-state index in [1.165, 1.54) is 18.2 Å². The number of ether oxygens (including phenoxy) is 1. The number of carboxylic acid groups (broad SMARTS) is 1. The number of carbonyl (C=O) groups is 1. The normalized spacial score (nSPS) is 9.95. The van der Waals surface area contributed by atoms with Crippen LogP contribution in [0.25, 0.3) is 0 Å². The van der Waals surface area contributed by atoms with Gasteiger partial charge in [0.25, 0.3) is 5.69 Å². The Hall–Kier alpha value is -3.23. The van der Waals surface area contributed by atoms with Gasteiger partial charge in [0.05, 0.1) is 10.6 Å². The van der Waals surface area contributed by atoms with Gasteiger partial charge in [-0.25, -0.2) is 14.2 Å². The fraction of sp³-hybridized carbons (Fsp3) is 0. The molecule has 1 aromatic carbocycles.